The summed E-state index contributed by atoms with van der Waals surface area (Å²) in [4.78, 5) is 30.3. The molecule has 8 nitrogen and oxygen atoms in total. The van der Waals surface area contributed by atoms with Crippen molar-refractivity contribution in [2.24, 2.45) is 0 Å². The summed E-state index contributed by atoms with van der Waals surface area (Å²) in [7, 11) is 0. The van der Waals surface area contributed by atoms with Crippen LogP contribution >= 0.6 is 0 Å². The van der Waals surface area contributed by atoms with Crippen LogP contribution in [0.2, 0.25) is 0 Å². The van der Waals surface area contributed by atoms with Crippen molar-refractivity contribution in [3.63, 3.8) is 0 Å². The number of nitrogens with zero attached hydrogens (tertiary/aromatic N) is 6. The van der Waals surface area contributed by atoms with Crippen LogP contribution in [0.15, 0.2) is 409 Å². The van der Waals surface area contributed by atoms with Crippen LogP contribution in [0.3, 0.4) is 0 Å². The second-order valence-electron chi connectivity index (χ2n) is 29.4. The van der Waals surface area contributed by atoms with E-state index in [2.05, 4.69) is 297 Å². The fourth-order valence-corrected chi connectivity index (χ4v) is 18.2. The van der Waals surface area contributed by atoms with Gasteiger partial charge in [-0.15, -0.1) is 0 Å². The van der Waals surface area contributed by atoms with Gasteiger partial charge in [0.15, 0.2) is 34.9 Å². The molecule has 0 saturated heterocycles. The maximum Gasteiger partial charge on any atom is 0.164 e. The Kier molecular flexibility index (Phi) is 15.5. The normalized spacial score (nSPS) is 12.9. The monoisotopic (exact) mass is 1450 g/mol. The molecule has 0 aliphatic heterocycles. The van der Waals surface area contributed by atoms with Crippen LogP contribution in [0.25, 0.3) is 167 Å². The lowest BCUT2D eigenvalue weighted by atomic mass is 9.67. The SMILES string of the molecule is c1ccc(-c2nc(-c3ccc4ccccc4c3)nc(-c3cccc4oc5cc(C6(c7ccccc7)c7ccccc7-c7ccccc76)ccc5c34)n2)cc1.c1ccc(-c2nc(-c3ccccc3)nc(-c3cccc4cc(-c5cccc6oc7cc(C8(c9ccccc9)c9ccccc9-c9ccccc98)ccc7c56)ccc34)n2)cc1. The van der Waals surface area contributed by atoms with Gasteiger partial charge in [-0.05, 0) is 136 Å². The quantitative estimate of drug-likeness (QED) is 0.126. The van der Waals surface area contributed by atoms with Crippen LogP contribution in [0, 0.1) is 0 Å². The lowest BCUT2D eigenvalue weighted by Gasteiger charge is -2.33. The summed E-state index contributed by atoms with van der Waals surface area (Å²) in [5, 5.41) is 8.67. The van der Waals surface area contributed by atoms with E-state index in [1.165, 1.54) is 66.6 Å². The summed E-state index contributed by atoms with van der Waals surface area (Å²) in [6.45, 7) is 0. The zero-order valence-electron chi connectivity index (χ0n) is 61.6. The van der Waals surface area contributed by atoms with Gasteiger partial charge >= 0.3 is 0 Å². The maximum absolute atomic E-state index is 6.81. The highest BCUT2D eigenvalue weighted by atomic mass is 16.3. The van der Waals surface area contributed by atoms with E-state index in [9.17, 15) is 0 Å². The van der Waals surface area contributed by atoms with Crippen LogP contribution < -0.4 is 0 Å². The first-order valence-electron chi connectivity index (χ1n) is 38.6. The van der Waals surface area contributed by atoms with E-state index in [-0.39, 0.29) is 0 Å². The van der Waals surface area contributed by atoms with Gasteiger partial charge in [-0.25, -0.2) is 29.9 Å². The van der Waals surface area contributed by atoms with Gasteiger partial charge in [-0.1, -0.05) is 364 Å². The Morgan fingerprint density at radius 3 is 0.991 bits per heavy atom. The molecule has 2 aliphatic rings. The zero-order valence-corrected chi connectivity index (χ0v) is 61.6. The molecule has 114 heavy (non-hydrogen) atoms. The van der Waals surface area contributed by atoms with Crippen molar-refractivity contribution in [3.05, 3.63) is 445 Å². The molecule has 0 N–H and O–H groups in total. The number of hydrogen-bond acceptors (Lipinski definition) is 8. The molecule has 2 aliphatic carbocycles. The van der Waals surface area contributed by atoms with Gasteiger partial charge in [0.2, 0.25) is 0 Å². The van der Waals surface area contributed by atoms with Crippen molar-refractivity contribution in [1.29, 1.82) is 0 Å². The highest BCUT2D eigenvalue weighted by Crippen LogP contribution is 2.59. The van der Waals surface area contributed by atoms with Crippen LogP contribution in [-0.2, 0) is 10.8 Å². The molecule has 0 amide bonds. The highest BCUT2D eigenvalue weighted by Gasteiger charge is 2.48. The molecule has 0 fully saturated rings. The number of hydrogen-bond donors (Lipinski definition) is 0. The molecule has 0 spiro atoms. The summed E-state index contributed by atoms with van der Waals surface area (Å²) in [6.07, 6.45) is 0. The number of furan rings is 2. The Bertz CT molecular complexity index is 7220. The van der Waals surface area contributed by atoms with E-state index in [0.29, 0.717) is 34.9 Å². The molecular formula is C106H66N6O2. The minimum Gasteiger partial charge on any atom is -0.456 e. The molecule has 21 aromatic rings. The van der Waals surface area contributed by atoms with Crippen molar-refractivity contribution >= 4 is 65.4 Å². The fraction of sp³-hybridized carbons (Fsp3) is 0.0189. The van der Waals surface area contributed by atoms with Crippen LogP contribution in [-0.4, -0.2) is 29.9 Å². The third-order valence-electron chi connectivity index (χ3n) is 23.2. The minimum atomic E-state index is -0.516. The smallest absolute Gasteiger partial charge is 0.164 e. The lowest BCUT2D eigenvalue weighted by molar-refractivity contribution is 0.665. The van der Waals surface area contributed by atoms with Gasteiger partial charge in [-0.3, -0.25) is 0 Å². The molecule has 0 bridgehead atoms. The molecule has 0 saturated carbocycles. The number of benzene rings is 17. The third kappa shape index (κ3) is 10.6. The van der Waals surface area contributed by atoms with E-state index < -0.39 is 10.8 Å². The van der Waals surface area contributed by atoms with Crippen molar-refractivity contribution in [2.45, 2.75) is 10.8 Å². The van der Waals surface area contributed by atoms with Crippen molar-refractivity contribution in [2.75, 3.05) is 0 Å². The third-order valence-corrected chi connectivity index (χ3v) is 23.2. The Balaban J connectivity index is 0.000000140. The summed E-state index contributed by atoms with van der Waals surface area (Å²) >= 11 is 0. The van der Waals surface area contributed by atoms with Gasteiger partial charge in [0.05, 0.1) is 10.8 Å². The summed E-state index contributed by atoms with van der Waals surface area (Å²) < 4.78 is 13.6. The van der Waals surface area contributed by atoms with Gasteiger partial charge in [0.1, 0.15) is 22.3 Å². The fourth-order valence-electron chi connectivity index (χ4n) is 18.2. The van der Waals surface area contributed by atoms with Gasteiger partial charge in [0, 0.05) is 54.9 Å². The summed E-state index contributed by atoms with van der Waals surface area (Å²) in [6, 6.07) is 141. The molecule has 0 atom stereocenters. The van der Waals surface area contributed by atoms with Gasteiger partial charge in [0.25, 0.3) is 0 Å². The van der Waals surface area contributed by atoms with E-state index in [1.54, 1.807) is 0 Å². The molecular weight excluding hydrogens is 1390 g/mol. The van der Waals surface area contributed by atoms with Gasteiger partial charge in [-0.2, -0.15) is 0 Å². The summed E-state index contributed by atoms with van der Waals surface area (Å²) in [5.41, 5.74) is 25.1. The second-order valence-corrected chi connectivity index (χ2v) is 29.4. The molecule has 532 valence electrons. The average molecular weight is 1460 g/mol. The largest absolute Gasteiger partial charge is 0.456 e. The topological polar surface area (TPSA) is 104 Å². The van der Waals surface area contributed by atoms with Crippen LogP contribution in [0.5, 0.6) is 0 Å². The Morgan fingerprint density at radius 2 is 0.509 bits per heavy atom. The van der Waals surface area contributed by atoms with E-state index in [1.807, 2.05) is 103 Å². The number of aromatic nitrogens is 6. The van der Waals surface area contributed by atoms with Crippen LogP contribution in [0.4, 0.5) is 0 Å². The van der Waals surface area contributed by atoms with E-state index in [4.69, 9.17) is 38.7 Å². The molecule has 8 heteroatoms. The number of rotatable bonds is 11. The number of fused-ring (bicyclic) bond motifs is 14. The Morgan fingerprint density at radius 1 is 0.175 bits per heavy atom. The lowest BCUT2D eigenvalue weighted by Crippen LogP contribution is -2.28. The first-order valence-corrected chi connectivity index (χ1v) is 38.6. The Labute approximate surface area is 657 Å². The van der Waals surface area contributed by atoms with Crippen molar-refractivity contribution in [1.82, 2.24) is 29.9 Å². The average Bonchev–Trinajstić information content (AvgIpc) is 1.54. The molecule has 17 aromatic carbocycles. The first-order chi connectivity index (χ1) is 56.5. The zero-order chi connectivity index (χ0) is 75.3. The summed E-state index contributed by atoms with van der Waals surface area (Å²) in [5.74, 6) is 3.78. The highest BCUT2D eigenvalue weighted by molar-refractivity contribution is 6.14. The predicted octanol–water partition coefficient (Wildman–Crippen LogP) is 26.2. The van der Waals surface area contributed by atoms with Crippen molar-refractivity contribution < 1.29 is 8.83 Å². The molecule has 0 radical (unpaired) electrons. The van der Waals surface area contributed by atoms with Crippen molar-refractivity contribution in [3.8, 4) is 102 Å². The van der Waals surface area contributed by atoms with Crippen LogP contribution in [0.1, 0.15) is 44.5 Å². The second kappa shape index (κ2) is 26.9. The Hall–Kier alpha value is -15.1. The van der Waals surface area contributed by atoms with E-state index in [0.717, 1.165) is 110 Å². The molecule has 0 unspecified atom stereocenters. The molecule has 4 heterocycles. The maximum atomic E-state index is 6.81. The first kappa shape index (κ1) is 65.9. The van der Waals surface area contributed by atoms with Gasteiger partial charge < -0.3 is 8.83 Å². The minimum absolute atomic E-state index is 0.497. The molecule has 4 aromatic heterocycles. The predicted molar refractivity (Wildman–Crippen MR) is 462 cm³/mol. The van der Waals surface area contributed by atoms with E-state index >= 15 is 0 Å². The molecule has 23 rings (SSSR count). The standard InChI is InChI=1S/C56H35N3O.C50H31N3O/c1-4-16-36(17-5-1)53-57-54(37-18-6-2-7-19-37)59-55(58-53)46-26-14-20-38-34-39(30-32-42(38)46)43-25-15-29-50-52(43)47-33-31-41(35-51(47)60-50)56(40-21-8-3-9-22-40)48-27-12-10-23-44(48)45-24-11-13-28-49(45)56;1-3-15-33(16-4-1)47-51-48(35-27-26-32-14-7-8-17-34(32)30-35)53-49(52-47)41-22-13-25-44-46(41)40-29-28-37(31-45(40)54-44)50(36-18-5-2-6-19-36)42-23-11-9-20-38(42)39-21-10-12-24-43(39)50/h1-35H;1-31H.